The lowest BCUT2D eigenvalue weighted by Crippen LogP contribution is -2.50. The third kappa shape index (κ3) is 4.77. The number of amides is 2. The van der Waals surface area contributed by atoms with E-state index in [9.17, 15) is 14.7 Å². The summed E-state index contributed by atoms with van der Waals surface area (Å²) in [5.41, 5.74) is 0.675. The number of carbonyl (C=O) groups is 2. The van der Waals surface area contributed by atoms with Crippen LogP contribution in [0.5, 0.6) is 0 Å². The molecule has 7 nitrogen and oxygen atoms in total. The number of rotatable bonds is 5. The second kappa shape index (κ2) is 7.10. The predicted molar refractivity (Wildman–Crippen MR) is 76.8 cm³/mol. The Morgan fingerprint density at radius 1 is 1.52 bits per heavy atom. The van der Waals surface area contributed by atoms with Crippen molar-refractivity contribution in [1.29, 1.82) is 0 Å². The minimum atomic E-state index is -1.06. The van der Waals surface area contributed by atoms with Crippen LogP contribution in [0.3, 0.4) is 0 Å². The first-order valence-corrected chi connectivity index (χ1v) is 7.31. The van der Waals surface area contributed by atoms with Gasteiger partial charge >= 0.3 is 12.0 Å². The zero-order chi connectivity index (χ0) is 15.2. The Kier molecular flexibility index (Phi) is 5.19. The first-order chi connectivity index (χ1) is 10.0. The monoisotopic (exact) mass is 294 g/mol. The molecule has 1 aliphatic carbocycles. The summed E-state index contributed by atoms with van der Waals surface area (Å²) in [4.78, 5) is 29.9. The molecule has 2 amide bonds. The van der Waals surface area contributed by atoms with Gasteiger partial charge in [-0.05, 0) is 18.8 Å². The van der Waals surface area contributed by atoms with Gasteiger partial charge in [0.25, 0.3) is 0 Å². The van der Waals surface area contributed by atoms with Gasteiger partial charge in [-0.2, -0.15) is 0 Å². The van der Waals surface area contributed by atoms with Gasteiger partial charge in [0.05, 0.1) is 6.33 Å². The Hall–Kier alpha value is -2.05. The third-order valence-electron chi connectivity index (χ3n) is 3.85. The van der Waals surface area contributed by atoms with Crippen LogP contribution in [0.25, 0.3) is 0 Å². The van der Waals surface area contributed by atoms with Crippen molar-refractivity contribution >= 4 is 12.0 Å². The van der Waals surface area contributed by atoms with E-state index in [4.69, 9.17) is 0 Å². The van der Waals surface area contributed by atoms with Gasteiger partial charge in [-0.25, -0.2) is 14.6 Å². The first kappa shape index (κ1) is 15.3. The summed E-state index contributed by atoms with van der Waals surface area (Å²) >= 11 is 0. The van der Waals surface area contributed by atoms with E-state index in [1.807, 2.05) is 0 Å². The van der Waals surface area contributed by atoms with Gasteiger partial charge in [0, 0.05) is 24.4 Å². The molecule has 0 saturated heterocycles. The molecule has 1 heterocycles. The van der Waals surface area contributed by atoms with E-state index in [2.05, 4.69) is 27.5 Å². The van der Waals surface area contributed by atoms with Crippen LogP contribution in [0.2, 0.25) is 0 Å². The molecule has 1 saturated carbocycles. The molecular weight excluding hydrogens is 272 g/mol. The molecule has 3 atom stereocenters. The highest BCUT2D eigenvalue weighted by Crippen LogP contribution is 2.23. The van der Waals surface area contributed by atoms with E-state index in [-0.39, 0.29) is 12.5 Å². The van der Waals surface area contributed by atoms with Gasteiger partial charge in [-0.15, -0.1) is 0 Å². The summed E-state index contributed by atoms with van der Waals surface area (Å²) in [5, 5.41) is 14.6. The maximum absolute atomic E-state index is 11.9. The molecule has 0 bridgehead atoms. The molecule has 4 N–H and O–H groups in total. The zero-order valence-electron chi connectivity index (χ0n) is 12.1. The third-order valence-corrected chi connectivity index (χ3v) is 3.85. The summed E-state index contributed by atoms with van der Waals surface area (Å²) in [6, 6.07) is -1.25. The Bertz CT molecular complexity index is 475. The summed E-state index contributed by atoms with van der Waals surface area (Å²) in [5.74, 6) is -0.457. The topological polar surface area (TPSA) is 107 Å². The van der Waals surface area contributed by atoms with E-state index < -0.39 is 18.0 Å². The maximum atomic E-state index is 11.9. The lowest BCUT2D eigenvalue weighted by molar-refractivity contribution is -0.139. The fourth-order valence-corrected chi connectivity index (χ4v) is 2.77. The Morgan fingerprint density at radius 3 is 2.95 bits per heavy atom. The average molecular weight is 294 g/mol. The van der Waals surface area contributed by atoms with Gasteiger partial charge in [0.15, 0.2) is 0 Å². The molecule has 116 valence electrons. The van der Waals surface area contributed by atoms with Gasteiger partial charge in [0.2, 0.25) is 0 Å². The molecule has 1 fully saturated rings. The number of aromatic amines is 1. The molecular formula is C14H22N4O3. The predicted octanol–water partition coefficient (Wildman–Crippen LogP) is 1.28. The van der Waals surface area contributed by atoms with Gasteiger partial charge < -0.3 is 20.7 Å². The number of nitrogens with zero attached hydrogens (tertiary/aromatic N) is 1. The second-order valence-electron chi connectivity index (χ2n) is 5.76. The molecule has 1 aromatic rings. The first-order valence-electron chi connectivity index (χ1n) is 7.31. The van der Waals surface area contributed by atoms with Gasteiger partial charge in [-0.3, -0.25) is 0 Å². The minimum absolute atomic E-state index is 0.135. The molecule has 0 aromatic carbocycles. The lowest BCUT2D eigenvalue weighted by Gasteiger charge is -2.28. The van der Waals surface area contributed by atoms with Crippen molar-refractivity contribution < 1.29 is 14.7 Å². The number of imidazole rings is 1. The Balaban J connectivity index is 1.84. The molecule has 0 radical (unpaired) electrons. The molecule has 1 aliphatic rings. The number of aliphatic carboxylic acids is 1. The SMILES string of the molecule is CC1CCCC(NC(=O)N[C@H](Cc2cnc[nH]2)C(=O)O)C1. The standard InChI is InChI=1S/C14H22N4O3/c1-9-3-2-4-10(5-9)17-14(21)18-12(13(19)20)6-11-7-15-8-16-11/h7-10,12H,2-6H2,1H3,(H,15,16)(H,19,20)(H2,17,18,21)/t9?,10?,12-/m1/s1. The molecule has 0 spiro atoms. The van der Waals surface area contributed by atoms with Gasteiger partial charge in [-0.1, -0.05) is 19.8 Å². The summed E-state index contributed by atoms with van der Waals surface area (Å²) < 4.78 is 0. The summed E-state index contributed by atoms with van der Waals surface area (Å²) in [6.45, 7) is 2.17. The maximum Gasteiger partial charge on any atom is 0.326 e. The highest BCUT2D eigenvalue weighted by molar-refractivity contribution is 5.82. The van der Waals surface area contributed by atoms with Crippen molar-refractivity contribution in [1.82, 2.24) is 20.6 Å². The van der Waals surface area contributed by atoms with Crippen LogP contribution in [-0.2, 0) is 11.2 Å². The van der Waals surface area contributed by atoms with E-state index in [0.717, 1.165) is 19.3 Å². The smallest absolute Gasteiger partial charge is 0.326 e. The average Bonchev–Trinajstić information content (AvgIpc) is 2.90. The van der Waals surface area contributed by atoms with E-state index in [0.29, 0.717) is 11.6 Å². The second-order valence-corrected chi connectivity index (χ2v) is 5.76. The van der Waals surface area contributed by atoms with Crippen LogP contribution in [0.1, 0.15) is 38.3 Å². The van der Waals surface area contributed by atoms with Crippen LogP contribution in [0.15, 0.2) is 12.5 Å². The number of H-pyrrole nitrogens is 1. The van der Waals surface area contributed by atoms with Crippen molar-refractivity contribution in [3.63, 3.8) is 0 Å². The Labute approximate surface area is 123 Å². The van der Waals surface area contributed by atoms with Crippen molar-refractivity contribution in [2.45, 2.75) is 51.1 Å². The fourth-order valence-electron chi connectivity index (χ4n) is 2.77. The number of urea groups is 1. The van der Waals surface area contributed by atoms with Crippen LogP contribution in [-0.4, -0.2) is 39.2 Å². The number of carboxylic acids is 1. The van der Waals surface area contributed by atoms with E-state index >= 15 is 0 Å². The van der Waals surface area contributed by atoms with Crippen LogP contribution < -0.4 is 10.6 Å². The molecule has 1 aromatic heterocycles. The number of nitrogens with one attached hydrogen (secondary N) is 3. The minimum Gasteiger partial charge on any atom is -0.480 e. The Morgan fingerprint density at radius 2 is 2.33 bits per heavy atom. The quantitative estimate of drug-likeness (QED) is 0.656. The summed E-state index contributed by atoms with van der Waals surface area (Å²) in [7, 11) is 0. The molecule has 21 heavy (non-hydrogen) atoms. The van der Waals surface area contributed by atoms with Crippen LogP contribution in [0, 0.1) is 5.92 Å². The number of aromatic nitrogens is 2. The number of carbonyl (C=O) groups excluding carboxylic acids is 1. The largest absolute Gasteiger partial charge is 0.480 e. The van der Waals surface area contributed by atoms with Gasteiger partial charge in [0.1, 0.15) is 6.04 Å². The number of hydrogen-bond donors (Lipinski definition) is 4. The fraction of sp³-hybridized carbons (Fsp3) is 0.643. The number of carboxylic acid groups (broad SMARTS) is 1. The van der Waals surface area contributed by atoms with E-state index in [1.165, 1.54) is 12.7 Å². The number of hydrogen-bond acceptors (Lipinski definition) is 3. The molecule has 2 rings (SSSR count). The highest BCUT2D eigenvalue weighted by atomic mass is 16.4. The van der Waals surface area contributed by atoms with Crippen molar-refractivity contribution in [3.05, 3.63) is 18.2 Å². The van der Waals surface area contributed by atoms with Crippen LogP contribution >= 0.6 is 0 Å². The zero-order valence-corrected chi connectivity index (χ0v) is 12.1. The van der Waals surface area contributed by atoms with Crippen LogP contribution in [0.4, 0.5) is 4.79 Å². The molecule has 2 unspecified atom stereocenters. The van der Waals surface area contributed by atoms with Crippen molar-refractivity contribution in [2.75, 3.05) is 0 Å². The summed E-state index contributed by atoms with van der Waals surface area (Å²) in [6.07, 6.45) is 7.42. The van der Waals surface area contributed by atoms with Crippen molar-refractivity contribution in [2.24, 2.45) is 5.92 Å². The molecule has 0 aliphatic heterocycles. The molecule has 7 heteroatoms. The van der Waals surface area contributed by atoms with Crippen molar-refractivity contribution in [3.8, 4) is 0 Å². The van der Waals surface area contributed by atoms with E-state index in [1.54, 1.807) is 6.20 Å². The highest BCUT2D eigenvalue weighted by Gasteiger charge is 2.24. The lowest BCUT2D eigenvalue weighted by atomic mass is 9.87. The normalized spacial score (nSPS) is 23.3.